The molecule has 0 saturated heterocycles. The van der Waals surface area contributed by atoms with Gasteiger partial charge in [-0.1, -0.05) is 0 Å². The highest BCUT2D eigenvalue weighted by atomic mass is 32.2. The molecule has 174 valence electrons. The molecule has 0 atom stereocenters. The first-order valence-corrected chi connectivity index (χ1v) is 11.2. The number of sulfonamides is 1. The summed E-state index contributed by atoms with van der Waals surface area (Å²) in [6.45, 7) is 0.935. The Labute approximate surface area is 182 Å². The van der Waals surface area contributed by atoms with Crippen LogP contribution in [0.15, 0.2) is 47.4 Å². The predicted molar refractivity (Wildman–Crippen MR) is 108 cm³/mol. The van der Waals surface area contributed by atoms with Gasteiger partial charge in [0.15, 0.2) is 11.5 Å². The summed E-state index contributed by atoms with van der Waals surface area (Å²) in [7, 11) is -3.81. The van der Waals surface area contributed by atoms with Gasteiger partial charge < -0.3 is 19.5 Å². The number of hydrogen-bond acceptors (Lipinski definition) is 6. The third-order valence-electron chi connectivity index (χ3n) is 4.27. The van der Waals surface area contributed by atoms with Gasteiger partial charge in [0.25, 0.3) is 0 Å². The molecule has 0 saturated carbocycles. The van der Waals surface area contributed by atoms with E-state index in [4.69, 9.17) is 9.47 Å². The van der Waals surface area contributed by atoms with Gasteiger partial charge in [-0.2, -0.15) is 0 Å². The third-order valence-corrected chi connectivity index (χ3v) is 5.73. The Hall–Kier alpha value is -2.99. The van der Waals surface area contributed by atoms with E-state index in [0.717, 1.165) is 12.1 Å². The van der Waals surface area contributed by atoms with E-state index >= 15 is 0 Å². The number of nitrogens with one attached hydrogen (secondary N) is 2. The lowest BCUT2D eigenvalue weighted by molar-refractivity contribution is -0.274. The number of halogens is 3. The van der Waals surface area contributed by atoms with Crippen LogP contribution in [0.2, 0.25) is 0 Å². The average molecular weight is 474 g/mol. The Morgan fingerprint density at radius 3 is 2.41 bits per heavy atom. The summed E-state index contributed by atoms with van der Waals surface area (Å²) >= 11 is 0. The van der Waals surface area contributed by atoms with Crippen LogP contribution in [0.4, 0.5) is 18.9 Å². The normalized spacial score (nSPS) is 13.8. The first kappa shape index (κ1) is 23.7. The summed E-state index contributed by atoms with van der Waals surface area (Å²) < 4.78 is 78.6. The fourth-order valence-electron chi connectivity index (χ4n) is 2.81. The zero-order valence-electron chi connectivity index (χ0n) is 16.8. The van der Waals surface area contributed by atoms with Crippen molar-refractivity contribution in [1.82, 2.24) is 4.72 Å². The van der Waals surface area contributed by atoms with Gasteiger partial charge >= 0.3 is 6.36 Å². The summed E-state index contributed by atoms with van der Waals surface area (Å²) in [5, 5.41) is 2.52. The van der Waals surface area contributed by atoms with Crippen LogP contribution in [0.1, 0.15) is 19.3 Å². The number of hydrogen-bond donors (Lipinski definition) is 2. The maximum Gasteiger partial charge on any atom is 0.573 e. The number of fused-ring (bicyclic) bond motifs is 1. The molecule has 1 aliphatic rings. The summed E-state index contributed by atoms with van der Waals surface area (Å²) in [6.07, 6.45) is -3.88. The second-order valence-electron chi connectivity index (χ2n) is 6.78. The van der Waals surface area contributed by atoms with Gasteiger partial charge in [0.2, 0.25) is 15.9 Å². The molecular weight excluding hydrogens is 453 g/mol. The fraction of sp³-hybridized carbons (Fsp3) is 0.350. The van der Waals surface area contributed by atoms with Gasteiger partial charge in [-0.05, 0) is 42.8 Å². The lowest BCUT2D eigenvalue weighted by Crippen LogP contribution is -2.25. The third kappa shape index (κ3) is 7.02. The molecule has 0 aliphatic carbocycles. The van der Waals surface area contributed by atoms with E-state index < -0.39 is 28.0 Å². The van der Waals surface area contributed by atoms with Crippen LogP contribution in [0.5, 0.6) is 17.2 Å². The smallest absolute Gasteiger partial charge is 0.490 e. The molecule has 0 spiro atoms. The van der Waals surface area contributed by atoms with Crippen molar-refractivity contribution in [1.29, 1.82) is 0 Å². The molecular formula is C20H21F3N2O6S. The Kier molecular flexibility index (Phi) is 7.46. The van der Waals surface area contributed by atoms with Crippen molar-refractivity contribution in [2.24, 2.45) is 0 Å². The molecule has 0 fully saturated rings. The minimum Gasteiger partial charge on any atom is -0.490 e. The van der Waals surface area contributed by atoms with E-state index in [0.29, 0.717) is 31.1 Å². The number of ether oxygens (including phenoxy) is 3. The summed E-state index contributed by atoms with van der Waals surface area (Å²) in [5.41, 5.74) is 0.289. The molecule has 0 radical (unpaired) electrons. The first-order valence-electron chi connectivity index (χ1n) is 9.67. The van der Waals surface area contributed by atoms with Crippen LogP contribution in [-0.4, -0.2) is 40.4 Å². The second kappa shape index (κ2) is 10.1. The Morgan fingerprint density at radius 1 is 1.03 bits per heavy atom. The topological polar surface area (TPSA) is 103 Å². The van der Waals surface area contributed by atoms with E-state index in [2.05, 4.69) is 14.8 Å². The highest BCUT2D eigenvalue weighted by Crippen LogP contribution is 2.31. The number of rotatable bonds is 8. The molecule has 0 bridgehead atoms. The quantitative estimate of drug-likeness (QED) is 0.569. The van der Waals surface area contributed by atoms with Gasteiger partial charge in [0.1, 0.15) is 5.75 Å². The first-order chi connectivity index (χ1) is 15.1. The largest absolute Gasteiger partial charge is 0.573 e. The lowest BCUT2D eigenvalue weighted by Gasteiger charge is -2.11. The maximum absolute atomic E-state index is 12.5. The molecule has 8 nitrogen and oxygen atoms in total. The van der Waals surface area contributed by atoms with Crippen LogP contribution >= 0.6 is 0 Å². The molecule has 1 amide bonds. The van der Waals surface area contributed by atoms with Gasteiger partial charge in [-0.25, -0.2) is 13.1 Å². The molecule has 2 aromatic rings. The molecule has 0 unspecified atom stereocenters. The van der Waals surface area contributed by atoms with E-state index in [1.807, 2.05) is 0 Å². The second-order valence-corrected chi connectivity index (χ2v) is 8.55. The van der Waals surface area contributed by atoms with Gasteiger partial charge in [0, 0.05) is 31.1 Å². The van der Waals surface area contributed by atoms with E-state index in [9.17, 15) is 26.4 Å². The van der Waals surface area contributed by atoms with Gasteiger partial charge in [0.05, 0.1) is 18.1 Å². The van der Waals surface area contributed by atoms with Crippen molar-refractivity contribution < 1.29 is 40.6 Å². The number of benzene rings is 2. The number of carbonyl (C=O) groups excluding carboxylic acids is 1. The van der Waals surface area contributed by atoms with Crippen molar-refractivity contribution in [2.45, 2.75) is 30.5 Å². The number of amides is 1. The maximum atomic E-state index is 12.5. The number of carbonyl (C=O) groups is 1. The van der Waals surface area contributed by atoms with Crippen LogP contribution in [0, 0.1) is 0 Å². The van der Waals surface area contributed by atoms with Crippen LogP contribution in [0.25, 0.3) is 0 Å². The molecule has 1 aliphatic heterocycles. The van der Waals surface area contributed by atoms with E-state index in [-0.39, 0.29) is 30.0 Å². The molecule has 32 heavy (non-hydrogen) atoms. The predicted octanol–water partition coefficient (Wildman–Crippen LogP) is 3.44. The lowest BCUT2D eigenvalue weighted by atomic mass is 10.2. The molecule has 12 heteroatoms. The van der Waals surface area contributed by atoms with Crippen LogP contribution in [0.3, 0.4) is 0 Å². The Bertz CT molecular complexity index is 1040. The van der Waals surface area contributed by atoms with Crippen molar-refractivity contribution in [2.75, 3.05) is 25.1 Å². The number of alkyl halides is 3. The van der Waals surface area contributed by atoms with E-state index in [1.54, 1.807) is 0 Å². The highest BCUT2D eigenvalue weighted by molar-refractivity contribution is 7.89. The zero-order chi connectivity index (χ0) is 23.2. The molecule has 0 aromatic heterocycles. The summed E-state index contributed by atoms with van der Waals surface area (Å²) in [5.74, 6) is 0.0245. The highest BCUT2D eigenvalue weighted by Gasteiger charge is 2.31. The molecule has 2 N–H and O–H groups in total. The van der Waals surface area contributed by atoms with E-state index in [1.165, 1.54) is 30.3 Å². The van der Waals surface area contributed by atoms with Crippen molar-refractivity contribution in [3.05, 3.63) is 42.5 Å². The standard InChI is InChI=1S/C20H21F3N2O6S/c21-20(22,23)31-15-6-4-14(5-7-15)25-19(26)3-1-10-24-32(27,28)16-8-9-17-18(13-16)30-12-2-11-29-17/h4-9,13,24H,1-3,10-12H2,(H,25,26). The summed E-state index contributed by atoms with van der Waals surface area (Å²) in [6, 6.07) is 9.03. The Balaban J connectivity index is 1.45. The van der Waals surface area contributed by atoms with Gasteiger partial charge in [-0.15, -0.1) is 13.2 Å². The van der Waals surface area contributed by atoms with Gasteiger partial charge in [-0.3, -0.25) is 4.79 Å². The number of anilines is 1. The minimum absolute atomic E-state index is 0.00443. The van der Waals surface area contributed by atoms with Crippen molar-refractivity contribution in [3.8, 4) is 17.2 Å². The SMILES string of the molecule is O=C(CCCNS(=O)(=O)c1ccc2c(c1)OCCCO2)Nc1ccc(OC(F)(F)F)cc1. The molecule has 3 rings (SSSR count). The molecule has 1 heterocycles. The van der Waals surface area contributed by atoms with Crippen LogP contribution < -0.4 is 24.2 Å². The monoisotopic (exact) mass is 474 g/mol. The average Bonchev–Trinajstić information content (AvgIpc) is 2.96. The fourth-order valence-corrected chi connectivity index (χ4v) is 3.90. The van der Waals surface area contributed by atoms with Crippen LogP contribution in [-0.2, 0) is 14.8 Å². The minimum atomic E-state index is -4.79. The zero-order valence-corrected chi connectivity index (χ0v) is 17.6. The van der Waals surface area contributed by atoms with Crippen molar-refractivity contribution >= 4 is 21.6 Å². The molecule has 2 aromatic carbocycles. The van der Waals surface area contributed by atoms with Crippen molar-refractivity contribution in [3.63, 3.8) is 0 Å². The Morgan fingerprint density at radius 2 is 1.72 bits per heavy atom. The summed E-state index contributed by atoms with van der Waals surface area (Å²) in [4.78, 5) is 12.0.